The second-order valence-electron chi connectivity index (χ2n) is 10.6. The third-order valence-electron chi connectivity index (χ3n) is 7.97. The Morgan fingerprint density at radius 1 is 0.652 bits per heavy atom. The first-order valence-electron chi connectivity index (χ1n) is 13.8. The summed E-state index contributed by atoms with van der Waals surface area (Å²) in [6.45, 7) is 2.00. The van der Waals surface area contributed by atoms with Gasteiger partial charge in [0.2, 0.25) is 5.82 Å². The summed E-state index contributed by atoms with van der Waals surface area (Å²) in [7, 11) is 1.98. The summed E-state index contributed by atoms with van der Waals surface area (Å²) in [6.07, 6.45) is 2.25. The average Bonchev–Trinajstić information content (AvgIpc) is 3.77. The zero-order valence-electron chi connectivity index (χ0n) is 23.7. The van der Waals surface area contributed by atoms with Gasteiger partial charge in [-0.05, 0) is 36.3 Å². The number of para-hydroxylation sites is 3. The molecule has 0 atom stereocenters. The minimum Gasteiger partial charge on any atom is -0.504 e. The maximum absolute atomic E-state index is 14.5. The molecule has 1 aliphatic rings. The largest absolute Gasteiger partial charge is 0.504 e. The van der Waals surface area contributed by atoms with Crippen molar-refractivity contribution in [2.45, 2.75) is 0 Å². The average molecular weight is 800 g/mol. The van der Waals surface area contributed by atoms with E-state index in [9.17, 15) is 22.0 Å². The molecule has 0 bridgehead atoms. The van der Waals surface area contributed by atoms with Gasteiger partial charge in [-0.1, -0.05) is 41.5 Å². The molecule has 7 aromatic rings. The van der Waals surface area contributed by atoms with E-state index in [1.165, 1.54) is 10.9 Å². The number of halogens is 5. The SMILES string of the molecule is CN1[CH-]N(c2[c-]c(-n3c4[c-]c(-n5cc(-c6c(F)c(F)c(F)c(F)c6F)cn5)ccc4c4ccccc43)ccc2)c2ccccc21.[Pt]. The van der Waals surface area contributed by atoms with E-state index in [-0.39, 0.29) is 26.6 Å². The van der Waals surface area contributed by atoms with Crippen molar-refractivity contribution in [3.8, 4) is 22.5 Å². The van der Waals surface area contributed by atoms with Crippen LogP contribution in [0, 0.1) is 47.9 Å². The number of fused-ring (bicyclic) bond motifs is 4. The molecule has 0 amide bonds. The van der Waals surface area contributed by atoms with Gasteiger partial charge in [0.05, 0.1) is 11.8 Å². The molecule has 1 aliphatic heterocycles. The quantitative estimate of drug-likeness (QED) is 0.0774. The van der Waals surface area contributed by atoms with E-state index in [1.54, 1.807) is 6.07 Å². The van der Waals surface area contributed by atoms with Crippen LogP contribution < -0.4 is 9.80 Å². The molecule has 2 aromatic heterocycles. The molecule has 0 unspecified atom stereocenters. The van der Waals surface area contributed by atoms with Crippen LogP contribution in [0.1, 0.15) is 0 Å². The van der Waals surface area contributed by atoms with Gasteiger partial charge >= 0.3 is 0 Å². The molecule has 46 heavy (non-hydrogen) atoms. The second-order valence-corrected chi connectivity index (χ2v) is 10.6. The smallest absolute Gasteiger partial charge is 0.200 e. The molecular formula is C35H19F5N5Pt-3. The van der Waals surface area contributed by atoms with Crippen LogP contribution in [-0.2, 0) is 21.1 Å². The van der Waals surface area contributed by atoms with Crippen molar-refractivity contribution in [2.75, 3.05) is 16.8 Å². The topological polar surface area (TPSA) is 29.2 Å². The molecule has 232 valence electrons. The molecule has 11 heteroatoms. The Morgan fingerprint density at radius 2 is 1.33 bits per heavy atom. The van der Waals surface area contributed by atoms with Crippen molar-refractivity contribution in [2.24, 2.45) is 0 Å². The van der Waals surface area contributed by atoms with Crippen LogP contribution in [0.5, 0.6) is 0 Å². The molecule has 0 fully saturated rings. The van der Waals surface area contributed by atoms with Crippen LogP contribution in [0.2, 0.25) is 0 Å². The molecule has 5 aromatic carbocycles. The summed E-state index contributed by atoms with van der Waals surface area (Å²) in [4.78, 5) is 4.10. The fourth-order valence-corrected chi connectivity index (χ4v) is 5.88. The zero-order valence-corrected chi connectivity index (χ0v) is 26.0. The number of nitrogens with zero attached hydrogens (tertiary/aromatic N) is 5. The Labute approximate surface area is 274 Å². The van der Waals surface area contributed by atoms with E-state index < -0.39 is 34.6 Å². The molecule has 0 saturated carbocycles. The Bertz CT molecular complexity index is 2280. The van der Waals surface area contributed by atoms with Crippen LogP contribution in [0.15, 0.2) is 91.3 Å². The molecule has 3 heterocycles. The van der Waals surface area contributed by atoms with Crippen LogP contribution in [0.3, 0.4) is 0 Å². The van der Waals surface area contributed by atoms with Crippen LogP contribution in [0.25, 0.3) is 44.3 Å². The Hall–Kier alpha value is -4.95. The standard InChI is InChI=1S/C35H19F5N5.Pt/c1-42-19-43(28-12-5-4-11-27(28)42)21-7-6-8-23(15-21)45-26-10-3-2-9-24(26)25-14-13-22(16-29(25)45)44-18-20(17-41-44)30-31(36)33(38)35(40)34(39)32(30)37;/h2-14,17-19H,1H3;/q-3;. The first kappa shape index (κ1) is 29.7. The van der Waals surface area contributed by atoms with Gasteiger partial charge in [-0.3, -0.25) is 4.68 Å². The van der Waals surface area contributed by atoms with Crippen molar-refractivity contribution in [3.63, 3.8) is 0 Å². The number of anilines is 3. The molecule has 0 saturated heterocycles. The summed E-state index contributed by atoms with van der Waals surface area (Å²) in [6, 6.07) is 32.3. The van der Waals surface area contributed by atoms with E-state index in [0.29, 0.717) is 11.2 Å². The van der Waals surface area contributed by atoms with Gasteiger partial charge in [0.25, 0.3) is 0 Å². The summed E-state index contributed by atoms with van der Waals surface area (Å²) >= 11 is 0. The molecule has 5 nitrogen and oxygen atoms in total. The normalized spacial score (nSPS) is 12.7. The number of rotatable bonds is 4. The Morgan fingerprint density at radius 3 is 2.11 bits per heavy atom. The molecule has 0 radical (unpaired) electrons. The van der Waals surface area contributed by atoms with Crippen molar-refractivity contribution in [1.29, 1.82) is 0 Å². The Balaban J connectivity index is 0.00000338. The monoisotopic (exact) mass is 799 g/mol. The number of hydrogen-bond acceptors (Lipinski definition) is 3. The minimum atomic E-state index is -2.22. The van der Waals surface area contributed by atoms with Crippen LogP contribution in [0.4, 0.5) is 39.0 Å². The van der Waals surface area contributed by atoms with Gasteiger partial charge in [-0.25, -0.2) is 22.0 Å². The van der Waals surface area contributed by atoms with Gasteiger partial charge in [-0.2, -0.15) is 23.9 Å². The van der Waals surface area contributed by atoms with E-state index in [0.717, 1.165) is 45.2 Å². The summed E-state index contributed by atoms with van der Waals surface area (Å²) in [5.74, 6) is -10.1. The maximum Gasteiger partial charge on any atom is 0.200 e. The van der Waals surface area contributed by atoms with Gasteiger partial charge in [0, 0.05) is 49.7 Å². The predicted octanol–water partition coefficient (Wildman–Crippen LogP) is 8.64. The summed E-state index contributed by atoms with van der Waals surface area (Å²) in [5.41, 5.74) is 4.30. The van der Waals surface area contributed by atoms with E-state index >= 15 is 0 Å². The first-order valence-corrected chi connectivity index (χ1v) is 13.8. The fraction of sp³-hybridized carbons (Fsp3) is 0.0286. The van der Waals surface area contributed by atoms with Crippen molar-refractivity contribution >= 4 is 38.9 Å². The van der Waals surface area contributed by atoms with Gasteiger partial charge in [0.15, 0.2) is 23.3 Å². The molecule has 0 aliphatic carbocycles. The maximum atomic E-state index is 14.5. The van der Waals surface area contributed by atoms with Crippen molar-refractivity contribution in [1.82, 2.24) is 14.3 Å². The minimum absolute atomic E-state index is 0. The number of aromatic nitrogens is 3. The number of hydrogen-bond donors (Lipinski definition) is 0. The third-order valence-corrected chi connectivity index (χ3v) is 7.97. The Kier molecular flexibility index (Phi) is 7.20. The van der Waals surface area contributed by atoms with Crippen LogP contribution in [-0.4, -0.2) is 21.4 Å². The van der Waals surface area contributed by atoms with Crippen LogP contribution >= 0.6 is 0 Å². The van der Waals surface area contributed by atoms with Crippen molar-refractivity contribution < 1.29 is 43.0 Å². The zero-order chi connectivity index (χ0) is 31.0. The molecule has 8 rings (SSSR count). The predicted molar refractivity (Wildman–Crippen MR) is 162 cm³/mol. The molecule has 0 spiro atoms. The third kappa shape index (κ3) is 4.42. The fourth-order valence-electron chi connectivity index (χ4n) is 5.88. The summed E-state index contributed by atoms with van der Waals surface area (Å²) in [5, 5.41) is 6.02. The molecule has 0 N–H and O–H groups in total. The second kappa shape index (κ2) is 11.1. The van der Waals surface area contributed by atoms with Gasteiger partial charge < -0.3 is 14.4 Å². The molecular weight excluding hydrogens is 780 g/mol. The van der Waals surface area contributed by atoms with E-state index in [4.69, 9.17) is 0 Å². The van der Waals surface area contributed by atoms with Crippen molar-refractivity contribution in [3.05, 3.63) is 139 Å². The van der Waals surface area contributed by atoms with E-state index in [1.807, 2.05) is 96.0 Å². The van der Waals surface area contributed by atoms with E-state index in [2.05, 4.69) is 22.1 Å². The number of benzene rings is 5. The van der Waals surface area contributed by atoms with Gasteiger partial charge in [-0.15, -0.1) is 41.4 Å². The van der Waals surface area contributed by atoms with Gasteiger partial charge in [0.1, 0.15) is 0 Å². The first-order chi connectivity index (χ1) is 21.8. The summed E-state index contributed by atoms with van der Waals surface area (Å²) < 4.78 is 73.8.